The summed E-state index contributed by atoms with van der Waals surface area (Å²) >= 11 is 0. The Hall–Kier alpha value is -1.51. The number of furan rings is 1. The third-order valence-electron chi connectivity index (χ3n) is 2.13. The minimum Gasteiger partial charge on any atom is -0.463 e. The predicted molar refractivity (Wildman–Crippen MR) is 55.0 cm³/mol. The van der Waals surface area contributed by atoms with E-state index in [1.165, 1.54) is 0 Å². The van der Waals surface area contributed by atoms with Crippen LogP contribution in [-0.4, -0.2) is 10.2 Å². The molecule has 0 aromatic carbocycles. The zero-order valence-electron chi connectivity index (χ0n) is 8.66. The van der Waals surface area contributed by atoms with Crippen molar-refractivity contribution in [3.63, 3.8) is 0 Å². The van der Waals surface area contributed by atoms with Gasteiger partial charge in [0.15, 0.2) is 5.76 Å². The Morgan fingerprint density at radius 2 is 2.14 bits per heavy atom. The van der Waals surface area contributed by atoms with E-state index in [4.69, 9.17) is 4.42 Å². The number of aromatic amines is 1. The van der Waals surface area contributed by atoms with E-state index in [-0.39, 0.29) is 5.41 Å². The van der Waals surface area contributed by atoms with Crippen LogP contribution in [-0.2, 0) is 5.41 Å². The van der Waals surface area contributed by atoms with Crippen LogP contribution in [0.3, 0.4) is 0 Å². The number of hydrogen-bond donors (Lipinski definition) is 1. The van der Waals surface area contributed by atoms with E-state index in [9.17, 15) is 0 Å². The fourth-order valence-electron chi connectivity index (χ4n) is 1.26. The smallest absolute Gasteiger partial charge is 0.151 e. The molecule has 0 aliphatic carbocycles. The molecule has 0 radical (unpaired) electrons. The lowest BCUT2D eigenvalue weighted by atomic mass is 9.92. The van der Waals surface area contributed by atoms with Crippen LogP contribution in [0.1, 0.15) is 26.5 Å². The van der Waals surface area contributed by atoms with E-state index in [0.29, 0.717) is 0 Å². The first-order chi connectivity index (χ1) is 6.57. The largest absolute Gasteiger partial charge is 0.463 e. The van der Waals surface area contributed by atoms with Gasteiger partial charge in [-0.3, -0.25) is 5.10 Å². The molecule has 0 aliphatic rings. The molecule has 0 spiro atoms. The average Bonchev–Trinajstić information content (AvgIpc) is 2.73. The number of H-pyrrole nitrogens is 1. The number of hydrogen-bond acceptors (Lipinski definition) is 2. The summed E-state index contributed by atoms with van der Waals surface area (Å²) in [5.74, 6) is 0.827. The third-order valence-corrected chi connectivity index (χ3v) is 2.13. The molecule has 0 aliphatic heterocycles. The standard InChI is InChI=1S/C11H14N2O/c1-11(2,3)10-7-8(12-13-10)9-5-4-6-14-9/h4-7H,1-3H3,(H,12,13). The van der Waals surface area contributed by atoms with Crippen LogP contribution in [0, 0.1) is 0 Å². The second-order valence-corrected chi connectivity index (χ2v) is 4.39. The van der Waals surface area contributed by atoms with Crippen LogP contribution in [0.2, 0.25) is 0 Å². The highest BCUT2D eigenvalue weighted by molar-refractivity contribution is 5.52. The highest BCUT2D eigenvalue weighted by Crippen LogP contribution is 2.25. The molecule has 2 heterocycles. The van der Waals surface area contributed by atoms with Crippen LogP contribution < -0.4 is 0 Å². The first-order valence-corrected chi connectivity index (χ1v) is 4.67. The lowest BCUT2D eigenvalue weighted by Crippen LogP contribution is -2.11. The summed E-state index contributed by atoms with van der Waals surface area (Å²) in [6.45, 7) is 6.40. The molecule has 0 atom stereocenters. The second-order valence-electron chi connectivity index (χ2n) is 4.39. The molecule has 3 heteroatoms. The Balaban J connectivity index is 2.36. The van der Waals surface area contributed by atoms with E-state index in [2.05, 4.69) is 31.0 Å². The summed E-state index contributed by atoms with van der Waals surface area (Å²) in [5.41, 5.74) is 2.05. The topological polar surface area (TPSA) is 41.8 Å². The van der Waals surface area contributed by atoms with E-state index < -0.39 is 0 Å². The first-order valence-electron chi connectivity index (χ1n) is 4.67. The van der Waals surface area contributed by atoms with E-state index >= 15 is 0 Å². The van der Waals surface area contributed by atoms with Crippen molar-refractivity contribution in [3.8, 4) is 11.5 Å². The highest BCUT2D eigenvalue weighted by atomic mass is 16.3. The van der Waals surface area contributed by atoms with Crippen LogP contribution in [0.4, 0.5) is 0 Å². The molecule has 0 fully saturated rings. The summed E-state index contributed by atoms with van der Waals surface area (Å²) in [6, 6.07) is 5.81. The molecule has 3 nitrogen and oxygen atoms in total. The maximum atomic E-state index is 5.27. The summed E-state index contributed by atoms with van der Waals surface area (Å²) in [6.07, 6.45) is 1.66. The zero-order valence-corrected chi connectivity index (χ0v) is 8.66. The summed E-state index contributed by atoms with van der Waals surface area (Å²) in [7, 11) is 0. The molecule has 2 rings (SSSR count). The van der Waals surface area contributed by atoms with Gasteiger partial charge in [0.1, 0.15) is 5.69 Å². The maximum Gasteiger partial charge on any atom is 0.151 e. The average molecular weight is 190 g/mol. The molecular formula is C11H14N2O. The van der Waals surface area contributed by atoms with Crippen molar-refractivity contribution in [2.24, 2.45) is 0 Å². The Morgan fingerprint density at radius 3 is 2.64 bits per heavy atom. The molecule has 0 amide bonds. The second kappa shape index (κ2) is 3.01. The number of rotatable bonds is 1. The summed E-state index contributed by atoms with van der Waals surface area (Å²) in [4.78, 5) is 0. The van der Waals surface area contributed by atoms with E-state index in [1.807, 2.05) is 18.2 Å². The fraction of sp³-hybridized carbons (Fsp3) is 0.364. The Kier molecular flexibility index (Phi) is 1.95. The van der Waals surface area contributed by atoms with Gasteiger partial charge in [-0.15, -0.1) is 0 Å². The zero-order chi connectivity index (χ0) is 10.2. The van der Waals surface area contributed by atoms with Crippen LogP contribution in [0.5, 0.6) is 0 Å². The highest BCUT2D eigenvalue weighted by Gasteiger charge is 2.18. The van der Waals surface area contributed by atoms with Crippen molar-refractivity contribution in [1.82, 2.24) is 10.2 Å². The van der Waals surface area contributed by atoms with Gasteiger partial charge in [-0.1, -0.05) is 20.8 Å². The quantitative estimate of drug-likeness (QED) is 0.751. The van der Waals surface area contributed by atoms with Gasteiger partial charge in [0, 0.05) is 5.41 Å². The molecule has 0 saturated heterocycles. The van der Waals surface area contributed by atoms with Crippen LogP contribution in [0.15, 0.2) is 28.9 Å². The fourth-order valence-corrected chi connectivity index (χ4v) is 1.26. The molecule has 0 unspecified atom stereocenters. The van der Waals surface area contributed by atoms with Crippen molar-refractivity contribution in [2.75, 3.05) is 0 Å². The molecule has 0 bridgehead atoms. The van der Waals surface area contributed by atoms with Crippen molar-refractivity contribution < 1.29 is 4.42 Å². The monoisotopic (exact) mass is 190 g/mol. The van der Waals surface area contributed by atoms with Crippen LogP contribution >= 0.6 is 0 Å². The van der Waals surface area contributed by atoms with E-state index in [1.54, 1.807) is 6.26 Å². The Bertz CT molecular complexity index is 407. The van der Waals surface area contributed by atoms with Gasteiger partial charge in [0.25, 0.3) is 0 Å². The number of nitrogens with one attached hydrogen (secondary N) is 1. The predicted octanol–water partition coefficient (Wildman–Crippen LogP) is 2.97. The van der Waals surface area contributed by atoms with Gasteiger partial charge in [0.2, 0.25) is 0 Å². The molecule has 14 heavy (non-hydrogen) atoms. The molecule has 1 N–H and O–H groups in total. The van der Waals surface area contributed by atoms with Crippen LogP contribution in [0.25, 0.3) is 11.5 Å². The van der Waals surface area contributed by atoms with Gasteiger partial charge in [-0.2, -0.15) is 5.10 Å². The lowest BCUT2D eigenvalue weighted by molar-refractivity contribution is 0.566. The molecule has 0 saturated carbocycles. The maximum absolute atomic E-state index is 5.27. The van der Waals surface area contributed by atoms with Gasteiger partial charge in [-0.25, -0.2) is 0 Å². The Morgan fingerprint density at radius 1 is 1.36 bits per heavy atom. The summed E-state index contributed by atoms with van der Waals surface area (Å²) in [5, 5.41) is 7.23. The van der Waals surface area contributed by atoms with Gasteiger partial charge in [-0.05, 0) is 18.2 Å². The van der Waals surface area contributed by atoms with Gasteiger partial charge in [0.05, 0.1) is 12.0 Å². The lowest BCUT2D eigenvalue weighted by Gasteiger charge is -2.13. The van der Waals surface area contributed by atoms with Gasteiger partial charge >= 0.3 is 0 Å². The minimum atomic E-state index is 0.0708. The minimum absolute atomic E-state index is 0.0708. The molecule has 2 aromatic rings. The van der Waals surface area contributed by atoms with E-state index in [0.717, 1.165) is 17.1 Å². The van der Waals surface area contributed by atoms with Crippen molar-refractivity contribution in [2.45, 2.75) is 26.2 Å². The van der Waals surface area contributed by atoms with Crippen molar-refractivity contribution >= 4 is 0 Å². The Labute approximate surface area is 83.1 Å². The van der Waals surface area contributed by atoms with Crippen molar-refractivity contribution in [1.29, 1.82) is 0 Å². The number of aromatic nitrogens is 2. The summed E-state index contributed by atoms with van der Waals surface area (Å²) < 4.78 is 5.27. The first kappa shape index (κ1) is 9.06. The third kappa shape index (κ3) is 1.58. The molecular weight excluding hydrogens is 176 g/mol. The SMILES string of the molecule is CC(C)(C)c1cc(-c2ccco2)[nH]n1. The molecule has 2 aromatic heterocycles. The van der Waals surface area contributed by atoms with Gasteiger partial charge < -0.3 is 4.42 Å². The number of nitrogens with zero attached hydrogens (tertiary/aromatic N) is 1. The normalized spacial score (nSPS) is 11.9. The van der Waals surface area contributed by atoms with Crippen molar-refractivity contribution in [3.05, 3.63) is 30.2 Å². The molecule has 74 valence electrons.